The van der Waals surface area contributed by atoms with E-state index in [1.165, 1.54) is 0 Å². The van der Waals surface area contributed by atoms with Gasteiger partial charge in [-0.2, -0.15) is 0 Å². The van der Waals surface area contributed by atoms with Crippen molar-refractivity contribution in [2.45, 2.75) is 84.3 Å². The van der Waals surface area contributed by atoms with E-state index in [0.29, 0.717) is 12.2 Å². The third-order valence-electron chi connectivity index (χ3n) is 8.05. The van der Waals surface area contributed by atoms with Crippen molar-refractivity contribution in [2.24, 2.45) is 0 Å². The Bertz CT molecular complexity index is 984. The Kier molecular flexibility index (Phi) is 8.98. The maximum absolute atomic E-state index is 15.1. The molecule has 0 bridgehead atoms. The topological polar surface area (TPSA) is 15.7 Å². The van der Waals surface area contributed by atoms with Crippen LogP contribution in [0.3, 0.4) is 0 Å². The number of rotatable bonds is 11. The Morgan fingerprint density at radius 1 is 0.914 bits per heavy atom. The minimum Gasteiger partial charge on any atom is -0.380 e. The van der Waals surface area contributed by atoms with Crippen LogP contribution in [0, 0.1) is 11.6 Å². The van der Waals surface area contributed by atoms with Crippen molar-refractivity contribution in [2.75, 3.05) is 38.2 Å². The molecule has 0 aliphatic carbocycles. The first kappa shape index (κ1) is 27.6. The van der Waals surface area contributed by atoms with Crippen LogP contribution in [0.15, 0.2) is 36.4 Å². The zero-order chi connectivity index (χ0) is 25.8. The van der Waals surface area contributed by atoms with Gasteiger partial charge >= 0.3 is 0 Å². The summed E-state index contributed by atoms with van der Waals surface area (Å²) in [5.41, 5.74) is 3.03. The third kappa shape index (κ3) is 6.62. The standard InChI is InChI=1S/C30H44F2N2O/c1-8-33(9-2)20-22-10-11-23(18-26(22)31)29(3,4)15-16-30(5,6)24-12-13-28(27(32)19-24)34-17-14-25(21-34)35-7/h10-13,18-19,25H,8-9,14-17,20-21H2,1-7H3. The van der Waals surface area contributed by atoms with Gasteiger partial charge in [-0.3, -0.25) is 4.90 Å². The highest BCUT2D eigenvalue weighted by Gasteiger charge is 2.30. The number of ether oxygens (including phenoxy) is 1. The molecule has 0 radical (unpaired) electrons. The summed E-state index contributed by atoms with van der Waals surface area (Å²) in [6, 6.07) is 11.4. The number of nitrogens with zero attached hydrogens (tertiary/aromatic N) is 2. The van der Waals surface area contributed by atoms with E-state index in [1.54, 1.807) is 19.2 Å². The summed E-state index contributed by atoms with van der Waals surface area (Å²) in [7, 11) is 1.71. The van der Waals surface area contributed by atoms with Gasteiger partial charge < -0.3 is 9.64 Å². The average molecular weight is 487 g/mol. The first-order valence-corrected chi connectivity index (χ1v) is 13.1. The molecule has 1 aliphatic rings. The Labute approximate surface area is 211 Å². The lowest BCUT2D eigenvalue weighted by atomic mass is 9.72. The molecule has 1 saturated heterocycles. The lowest BCUT2D eigenvalue weighted by molar-refractivity contribution is 0.121. The summed E-state index contributed by atoms with van der Waals surface area (Å²) in [6.45, 7) is 16.9. The van der Waals surface area contributed by atoms with Gasteiger partial charge in [0.25, 0.3) is 0 Å². The normalized spacial score (nSPS) is 17.0. The molecule has 194 valence electrons. The monoisotopic (exact) mass is 486 g/mol. The van der Waals surface area contributed by atoms with Crippen molar-refractivity contribution in [1.82, 2.24) is 4.90 Å². The van der Waals surface area contributed by atoms with Crippen LogP contribution in [0.4, 0.5) is 14.5 Å². The predicted molar refractivity (Wildman–Crippen MR) is 142 cm³/mol. The molecule has 1 unspecified atom stereocenters. The van der Waals surface area contributed by atoms with Gasteiger partial charge in [0.05, 0.1) is 11.8 Å². The van der Waals surface area contributed by atoms with E-state index < -0.39 is 0 Å². The number of methoxy groups -OCH3 is 1. The Hall–Kier alpha value is -1.98. The fraction of sp³-hybridized carbons (Fsp3) is 0.600. The van der Waals surface area contributed by atoms with Gasteiger partial charge in [-0.15, -0.1) is 0 Å². The van der Waals surface area contributed by atoms with Crippen LogP contribution in [-0.4, -0.2) is 44.3 Å². The van der Waals surface area contributed by atoms with E-state index >= 15 is 4.39 Å². The summed E-state index contributed by atoms with van der Waals surface area (Å²) in [5.74, 6) is -0.297. The van der Waals surface area contributed by atoms with Crippen molar-refractivity contribution in [3.05, 3.63) is 64.7 Å². The van der Waals surface area contributed by atoms with Crippen LogP contribution >= 0.6 is 0 Å². The molecule has 0 spiro atoms. The Balaban J connectivity index is 1.68. The lowest BCUT2D eigenvalue weighted by Crippen LogP contribution is -2.26. The summed E-state index contributed by atoms with van der Waals surface area (Å²) in [5, 5.41) is 0. The maximum atomic E-state index is 15.1. The van der Waals surface area contributed by atoms with Crippen molar-refractivity contribution in [3.63, 3.8) is 0 Å². The molecular weight excluding hydrogens is 442 g/mol. The van der Waals surface area contributed by atoms with Crippen molar-refractivity contribution < 1.29 is 13.5 Å². The van der Waals surface area contributed by atoms with Gasteiger partial charge in [0.2, 0.25) is 0 Å². The summed E-state index contributed by atoms with van der Waals surface area (Å²) >= 11 is 0. The lowest BCUT2D eigenvalue weighted by Gasteiger charge is -2.33. The van der Waals surface area contributed by atoms with Crippen LogP contribution in [0.5, 0.6) is 0 Å². The minimum atomic E-state index is -0.196. The molecule has 5 heteroatoms. The van der Waals surface area contributed by atoms with Crippen LogP contribution in [0.2, 0.25) is 0 Å². The first-order chi connectivity index (χ1) is 16.5. The van der Waals surface area contributed by atoms with Crippen molar-refractivity contribution in [1.29, 1.82) is 0 Å². The molecule has 2 aromatic rings. The largest absolute Gasteiger partial charge is 0.380 e. The zero-order valence-electron chi connectivity index (χ0n) is 22.8. The molecule has 3 nitrogen and oxygen atoms in total. The van der Waals surface area contributed by atoms with Crippen LogP contribution in [0.25, 0.3) is 0 Å². The van der Waals surface area contributed by atoms with Gasteiger partial charge in [-0.25, -0.2) is 8.78 Å². The van der Waals surface area contributed by atoms with Crippen molar-refractivity contribution >= 4 is 5.69 Å². The minimum absolute atomic E-state index is 0.128. The second-order valence-electron chi connectivity index (χ2n) is 11.3. The van der Waals surface area contributed by atoms with Crippen molar-refractivity contribution in [3.8, 4) is 0 Å². The number of hydrogen-bond acceptors (Lipinski definition) is 3. The molecule has 1 aliphatic heterocycles. The molecule has 0 aromatic heterocycles. The fourth-order valence-electron chi connectivity index (χ4n) is 5.02. The van der Waals surface area contributed by atoms with E-state index in [2.05, 4.69) is 63.5 Å². The van der Waals surface area contributed by atoms with Crippen LogP contribution < -0.4 is 4.90 Å². The molecule has 2 aromatic carbocycles. The van der Waals surface area contributed by atoms with Crippen LogP contribution in [-0.2, 0) is 22.1 Å². The third-order valence-corrected chi connectivity index (χ3v) is 8.05. The molecule has 1 atom stereocenters. The molecule has 3 rings (SSSR count). The fourth-order valence-corrected chi connectivity index (χ4v) is 5.02. The maximum Gasteiger partial charge on any atom is 0.146 e. The summed E-state index contributed by atoms with van der Waals surface area (Å²) in [6.07, 6.45) is 2.84. The molecule has 0 N–H and O–H groups in total. The number of benzene rings is 2. The highest BCUT2D eigenvalue weighted by molar-refractivity contribution is 5.51. The Morgan fingerprint density at radius 2 is 1.49 bits per heavy atom. The first-order valence-electron chi connectivity index (χ1n) is 13.1. The predicted octanol–water partition coefficient (Wildman–Crippen LogP) is 7.07. The number of halogens is 2. The number of anilines is 1. The second kappa shape index (κ2) is 11.4. The van der Waals surface area contributed by atoms with Gasteiger partial charge in [-0.05, 0) is 72.5 Å². The zero-order valence-corrected chi connectivity index (χ0v) is 22.8. The van der Waals surface area contributed by atoms with Gasteiger partial charge in [0.1, 0.15) is 11.6 Å². The molecule has 1 heterocycles. The van der Waals surface area contributed by atoms with E-state index in [4.69, 9.17) is 4.74 Å². The van der Waals surface area contributed by atoms with Gasteiger partial charge in [0.15, 0.2) is 0 Å². The molecule has 35 heavy (non-hydrogen) atoms. The summed E-state index contributed by atoms with van der Waals surface area (Å²) < 4.78 is 35.5. The SMILES string of the molecule is CCN(CC)Cc1ccc(C(C)(C)CCC(C)(C)c2ccc(N3CCC(OC)C3)c(F)c2)cc1F. The highest BCUT2D eigenvalue weighted by atomic mass is 19.1. The highest BCUT2D eigenvalue weighted by Crippen LogP contribution is 2.38. The summed E-state index contributed by atoms with van der Waals surface area (Å²) in [4.78, 5) is 4.29. The smallest absolute Gasteiger partial charge is 0.146 e. The van der Waals surface area contributed by atoms with Gasteiger partial charge in [-0.1, -0.05) is 59.7 Å². The molecule has 0 saturated carbocycles. The van der Waals surface area contributed by atoms with E-state index in [1.807, 2.05) is 12.1 Å². The molecule has 0 amide bonds. The molecular formula is C30H44F2N2O. The van der Waals surface area contributed by atoms with E-state index in [-0.39, 0.29) is 28.6 Å². The van der Waals surface area contributed by atoms with Crippen LogP contribution in [0.1, 0.15) is 77.5 Å². The van der Waals surface area contributed by atoms with E-state index in [0.717, 1.165) is 62.1 Å². The second-order valence-corrected chi connectivity index (χ2v) is 11.3. The average Bonchev–Trinajstić information content (AvgIpc) is 3.31. The molecule has 1 fully saturated rings. The Morgan fingerprint density at radius 3 is 1.97 bits per heavy atom. The van der Waals surface area contributed by atoms with Gasteiger partial charge in [0, 0.05) is 32.3 Å². The number of hydrogen-bond donors (Lipinski definition) is 0. The quantitative estimate of drug-likeness (QED) is 0.338. The van der Waals surface area contributed by atoms with E-state index in [9.17, 15) is 4.39 Å².